The zero-order valence-electron chi connectivity index (χ0n) is 16.7. The molecule has 0 fully saturated rings. The molecule has 0 saturated heterocycles. The van der Waals surface area contributed by atoms with E-state index in [1.165, 1.54) is 42.5 Å². The van der Waals surface area contributed by atoms with Crippen molar-refractivity contribution in [2.24, 2.45) is 0 Å². The van der Waals surface area contributed by atoms with E-state index >= 15 is 0 Å². The fourth-order valence-corrected chi connectivity index (χ4v) is 5.04. The first-order valence-electron chi connectivity index (χ1n) is 9.41. The van der Waals surface area contributed by atoms with Crippen LogP contribution in [0.5, 0.6) is 5.75 Å². The molecule has 0 radical (unpaired) electrons. The van der Waals surface area contributed by atoms with Crippen LogP contribution in [0.25, 0.3) is 22.6 Å². The molecule has 0 saturated carbocycles. The summed E-state index contributed by atoms with van der Waals surface area (Å²) in [5, 5.41) is 9.22. The summed E-state index contributed by atoms with van der Waals surface area (Å²) >= 11 is 0. The van der Waals surface area contributed by atoms with Gasteiger partial charge in [0.15, 0.2) is 21.2 Å². The van der Waals surface area contributed by atoms with Crippen LogP contribution < -0.4 is 4.18 Å². The second-order valence-corrected chi connectivity index (χ2v) is 10.5. The highest BCUT2D eigenvalue weighted by Crippen LogP contribution is 2.34. The number of sulfone groups is 1. The number of oxazole rings is 1. The third-order valence-electron chi connectivity index (χ3n) is 4.69. The molecule has 162 valence electrons. The van der Waals surface area contributed by atoms with Gasteiger partial charge in [-0.25, -0.2) is 13.4 Å². The smallest absolute Gasteiger partial charge is 0.340 e. The molecule has 0 N–H and O–H groups in total. The van der Waals surface area contributed by atoms with E-state index in [4.69, 9.17) is 8.60 Å². The zero-order valence-corrected chi connectivity index (χ0v) is 18.4. The molecule has 0 amide bonds. The van der Waals surface area contributed by atoms with Crippen LogP contribution in [-0.2, 0) is 20.0 Å². The van der Waals surface area contributed by atoms with Crippen molar-refractivity contribution in [2.75, 3.05) is 5.75 Å². The first kappa shape index (κ1) is 21.5. The molecule has 8 nitrogen and oxygen atoms in total. The van der Waals surface area contributed by atoms with Crippen LogP contribution >= 0.6 is 0 Å². The Morgan fingerprint density at radius 3 is 2.47 bits per heavy atom. The van der Waals surface area contributed by atoms with Crippen molar-refractivity contribution in [2.45, 2.75) is 16.7 Å². The Hall–Kier alpha value is -3.68. The lowest BCUT2D eigenvalue weighted by molar-refractivity contribution is 0.485. The predicted molar refractivity (Wildman–Crippen MR) is 116 cm³/mol. The zero-order chi connectivity index (χ0) is 22.9. The lowest BCUT2D eigenvalue weighted by Gasteiger charge is -2.10. The fourth-order valence-electron chi connectivity index (χ4n) is 3.04. The molecule has 10 heteroatoms. The Balaban J connectivity index is 1.77. The maximum Gasteiger partial charge on any atom is 0.340 e. The number of aromatic nitrogens is 1. The summed E-state index contributed by atoms with van der Waals surface area (Å²) in [4.78, 5) is 4.19. The summed E-state index contributed by atoms with van der Waals surface area (Å²) in [5.41, 5.74) is 0.850. The number of nitriles is 1. The molecule has 3 aromatic carbocycles. The first-order chi connectivity index (χ1) is 15.2. The summed E-state index contributed by atoms with van der Waals surface area (Å²) in [6.45, 7) is 1.55. The van der Waals surface area contributed by atoms with Crippen LogP contribution in [0.2, 0.25) is 0 Å². The Morgan fingerprint density at radius 1 is 1.00 bits per heavy atom. The molecule has 0 spiro atoms. The number of hydrogen-bond donors (Lipinski definition) is 0. The highest BCUT2D eigenvalue weighted by molar-refractivity contribution is 7.91. The monoisotopic (exact) mass is 468 g/mol. The Morgan fingerprint density at radius 2 is 1.72 bits per heavy atom. The molecule has 4 rings (SSSR count). The minimum absolute atomic E-state index is 0.0449. The minimum atomic E-state index is -4.32. The topological polar surface area (TPSA) is 127 Å². The molecule has 0 aliphatic rings. The molecular formula is C22H16N2O6S2. The van der Waals surface area contributed by atoms with Gasteiger partial charge in [-0.05, 0) is 42.5 Å². The van der Waals surface area contributed by atoms with E-state index in [-0.39, 0.29) is 38.3 Å². The van der Waals surface area contributed by atoms with Crippen molar-refractivity contribution >= 4 is 31.1 Å². The third kappa shape index (κ3) is 3.95. The van der Waals surface area contributed by atoms with Gasteiger partial charge in [0, 0.05) is 0 Å². The van der Waals surface area contributed by atoms with Crippen LogP contribution in [0, 0.1) is 11.3 Å². The molecule has 1 heterocycles. The van der Waals surface area contributed by atoms with E-state index in [0.29, 0.717) is 11.1 Å². The van der Waals surface area contributed by atoms with Crippen LogP contribution in [0.15, 0.2) is 80.9 Å². The number of hydrogen-bond acceptors (Lipinski definition) is 8. The highest BCUT2D eigenvalue weighted by Gasteiger charge is 2.24. The maximum absolute atomic E-state index is 12.8. The van der Waals surface area contributed by atoms with E-state index in [1.807, 2.05) is 6.07 Å². The van der Waals surface area contributed by atoms with Gasteiger partial charge in [0.1, 0.15) is 16.5 Å². The lowest BCUT2D eigenvalue weighted by Crippen LogP contribution is -2.12. The molecular weight excluding hydrogens is 452 g/mol. The summed E-state index contributed by atoms with van der Waals surface area (Å²) in [6, 6.07) is 18.1. The van der Waals surface area contributed by atoms with E-state index in [2.05, 4.69) is 4.98 Å². The fraction of sp³-hybridized carbons (Fsp3) is 0.0909. The van der Waals surface area contributed by atoms with E-state index in [9.17, 15) is 22.1 Å². The Bertz CT molecular complexity index is 1580. The van der Waals surface area contributed by atoms with Crippen molar-refractivity contribution < 1.29 is 25.4 Å². The van der Waals surface area contributed by atoms with Gasteiger partial charge < -0.3 is 8.60 Å². The van der Waals surface area contributed by atoms with Crippen molar-refractivity contribution in [3.8, 4) is 23.3 Å². The van der Waals surface area contributed by atoms with Crippen molar-refractivity contribution in [1.29, 1.82) is 5.26 Å². The van der Waals surface area contributed by atoms with Crippen LogP contribution in [-0.4, -0.2) is 27.6 Å². The van der Waals surface area contributed by atoms with Gasteiger partial charge in [-0.1, -0.05) is 31.2 Å². The van der Waals surface area contributed by atoms with Gasteiger partial charge in [-0.2, -0.15) is 13.7 Å². The van der Waals surface area contributed by atoms with Crippen molar-refractivity contribution in [3.05, 3.63) is 72.3 Å². The van der Waals surface area contributed by atoms with Crippen LogP contribution in [0.4, 0.5) is 0 Å². The molecule has 0 unspecified atom stereocenters. The van der Waals surface area contributed by atoms with Gasteiger partial charge in [-0.3, -0.25) is 0 Å². The summed E-state index contributed by atoms with van der Waals surface area (Å²) < 4.78 is 61.0. The molecule has 4 aromatic rings. The van der Waals surface area contributed by atoms with Gasteiger partial charge in [0.2, 0.25) is 5.89 Å². The van der Waals surface area contributed by atoms with Gasteiger partial charge in [-0.15, -0.1) is 0 Å². The van der Waals surface area contributed by atoms with E-state index < -0.39 is 20.0 Å². The normalized spacial score (nSPS) is 11.9. The second-order valence-electron chi connectivity index (χ2n) is 6.69. The summed E-state index contributed by atoms with van der Waals surface area (Å²) in [7, 11) is -7.74. The van der Waals surface area contributed by atoms with Crippen LogP contribution in [0.3, 0.4) is 0 Å². The average Bonchev–Trinajstić information content (AvgIpc) is 3.22. The number of fused-ring (bicyclic) bond motifs is 1. The highest BCUT2D eigenvalue weighted by atomic mass is 32.2. The van der Waals surface area contributed by atoms with E-state index in [0.717, 1.165) is 0 Å². The first-order valence-corrected chi connectivity index (χ1v) is 12.5. The number of para-hydroxylation sites is 1. The Labute approximate surface area is 184 Å². The molecule has 1 aromatic heterocycles. The quantitative estimate of drug-likeness (QED) is 0.390. The van der Waals surface area contributed by atoms with Gasteiger partial charge in [0.05, 0.1) is 21.8 Å². The number of rotatable bonds is 6. The average molecular weight is 469 g/mol. The SMILES string of the molecule is CCS(=O)(=O)c1ccc2oc(-c3ccccc3OS(=O)(=O)c3ccccc3C#N)nc2c1. The third-order valence-corrected chi connectivity index (χ3v) is 7.72. The molecule has 0 atom stereocenters. The summed E-state index contributed by atoms with van der Waals surface area (Å²) in [6.07, 6.45) is 0. The molecule has 0 bridgehead atoms. The second kappa shape index (κ2) is 8.11. The number of benzene rings is 3. The van der Waals surface area contributed by atoms with Crippen molar-refractivity contribution in [3.63, 3.8) is 0 Å². The maximum atomic E-state index is 12.8. The van der Waals surface area contributed by atoms with Gasteiger partial charge in [0.25, 0.3) is 0 Å². The Kier molecular flexibility index (Phi) is 5.46. The molecule has 0 aliphatic carbocycles. The molecule has 0 aliphatic heterocycles. The number of nitrogens with zero attached hydrogens (tertiary/aromatic N) is 2. The lowest BCUT2D eigenvalue weighted by atomic mass is 10.2. The largest absolute Gasteiger partial charge is 0.436 e. The summed E-state index contributed by atoms with van der Waals surface area (Å²) in [5.74, 6) is -0.0410. The van der Waals surface area contributed by atoms with Crippen LogP contribution in [0.1, 0.15) is 12.5 Å². The van der Waals surface area contributed by atoms with E-state index in [1.54, 1.807) is 31.2 Å². The van der Waals surface area contributed by atoms with Gasteiger partial charge >= 0.3 is 10.1 Å². The standard InChI is InChI=1S/C22H16N2O6S2/c1-2-31(25,26)16-11-12-20-18(13-16)24-22(29-20)17-8-4-5-9-19(17)30-32(27,28)21-10-6-3-7-15(21)14-23/h3-13H,2H2,1H3. The van der Waals surface area contributed by atoms with Crippen molar-refractivity contribution in [1.82, 2.24) is 4.98 Å². The minimum Gasteiger partial charge on any atom is -0.436 e. The predicted octanol–water partition coefficient (Wildman–Crippen LogP) is 3.93. The molecule has 32 heavy (non-hydrogen) atoms.